The van der Waals surface area contributed by atoms with Gasteiger partial charge in [-0.3, -0.25) is 4.79 Å². The molecule has 1 fully saturated rings. The van der Waals surface area contributed by atoms with E-state index in [1.807, 2.05) is 0 Å². The zero-order valence-electron chi connectivity index (χ0n) is 19.1. The summed E-state index contributed by atoms with van der Waals surface area (Å²) >= 11 is 0. The molecule has 1 aliphatic carbocycles. The molecule has 1 N–H and O–H groups in total. The molecule has 34 heavy (non-hydrogen) atoms. The number of hydrogen-bond acceptors (Lipinski definition) is 2. The van der Waals surface area contributed by atoms with Crippen LogP contribution in [0.5, 0.6) is 5.75 Å². The average molecular weight is 482 g/mol. The van der Waals surface area contributed by atoms with E-state index in [1.165, 1.54) is 19.1 Å². The van der Waals surface area contributed by atoms with E-state index in [4.69, 9.17) is 4.74 Å². The molecular formula is C26H28F5NO2. The second-order valence-electron chi connectivity index (χ2n) is 8.74. The Morgan fingerprint density at radius 3 is 2.38 bits per heavy atom. The first-order chi connectivity index (χ1) is 16.0. The molecule has 3 rings (SSSR count). The minimum absolute atomic E-state index is 0.0557. The lowest BCUT2D eigenvalue weighted by atomic mass is 9.90. The Morgan fingerprint density at radius 1 is 1.12 bits per heavy atom. The van der Waals surface area contributed by atoms with Gasteiger partial charge in [0.05, 0.1) is 18.2 Å². The maximum Gasteiger partial charge on any atom is 0.416 e. The van der Waals surface area contributed by atoms with E-state index in [1.54, 1.807) is 6.92 Å². The van der Waals surface area contributed by atoms with Crippen molar-refractivity contribution in [3.63, 3.8) is 0 Å². The number of rotatable bonds is 7. The SMILES string of the molecule is Cc1c(F)cc([C@@H](C)NC(=O)/C=C/c2ccc(C(F)(F)F)cc2OCC2CCCCC2)cc1F. The Hall–Kier alpha value is -2.90. The fourth-order valence-corrected chi connectivity index (χ4v) is 3.96. The second kappa shape index (κ2) is 11.0. The number of benzene rings is 2. The molecule has 1 saturated carbocycles. The van der Waals surface area contributed by atoms with Gasteiger partial charge in [0.15, 0.2) is 0 Å². The molecule has 0 aromatic heterocycles. The number of carbonyl (C=O) groups excluding carboxylic acids is 1. The molecule has 0 aliphatic heterocycles. The van der Waals surface area contributed by atoms with Crippen LogP contribution in [0.1, 0.15) is 67.3 Å². The monoisotopic (exact) mass is 481 g/mol. The Kier molecular flexibility index (Phi) is 8.33. The van der Waals surface area contributed by atoms with Gasteiger partial charge in [0, 0.05) is 17.2 Å². The summed E-state index contributed by atoms with van der Waals surface area (Å²) in [5.41, 5.74) is -0.345. The lowest BCUT2D eigenvalue weighted by molar-refractivity contribution is -0.137. The minimum Gasteiger partial charge on any atom is -0.493 e. The van der Waals surface area contributed by atoms with E-state index in [2.05, 4.69) is 5.32 Å². The summed E-state index contributed by atoms with van der Waals surface area (Å²) in [6.07, 6.45) is 3.28. The standard InChI is InChI=1S/C26H28F5NO2/c1-16-22(27)12-20(13-23(16)28)17(2)32-25(33)11-9-19-8-10-21(26(29,30)31)14-24(19)34-15-18-6-4-3-5-7-18/h8-14,17-18H,3-7,15H2,1-2H3,(H,32,33)/b11-9+/t17-/m1/s1. The molecule has 1 atom stereocenters. The van der Waals surface area contributed by atoms with Crippen LogP contribution in [0.4, 0.5) is 22.0 Å². The summed E-state index contributed by atoms with van der Waals surface area (Å²) in [4.78, 5) is 12.4. The van der Waals surface area contributed by atoms with E-state index < -0.39 is 35.3 Å². The third-order valence-corrected chi connectivity index (χ3v) is 6.12. The zero-order valence-corrected chi connectivity index (χ0v) is 19.1. The summed E-state index contributed by atoms with van der Waals surface area (Å²) in [6.45, 7) is 3.21. The molecule has 3 nitrogen and oxygen atoms in total. The van der Waals surface area contributed by atoms with Crippen LogP contribution >= 0.6 is 0 Å². The maximum atomic E-state index is 13.8. The number of ether oxygens (including phenoxy) is 1. The number of nitrogens with one attached hydrogen (secondary N) is 1. The van der Waals surface area contributed by atoms with Gasteiger partial charge < -0.3 is 10.1 Å². The van der Waals surface area contributed by atoms with Crippen molar-refractivity contribution < 1.29 is 31.5 Å². The van der Waals surface area contributed by atoms with E-state index in [-0.39, 0.29) is 16.9 Å². The van der Waals surface area contributed by atoms with Crippen LogP contribution in [0.25, 0.3) is 6.08 Å². The van der Waals surface area contributed by atoms with Gasteiger partial charge in [-0.2, -0.15) is 13.2 Å². The van der Waals surface area contributed by atoms with Crippen LogP contribution in [-0.4, -0.2) is 12.5 Å². The van der Waals surface area contributed by atoms with Crippen LogP contribution in [-0.2, 0) is 11.0 Å². The summed E-state index contributed by atoms with van der Waals surface area (Å²) in [6, 6.07) is 4.76. The van der Waals surface area contributed by atoms with Crippen molar-refractivity contribution in [2.45, 2.75) is 58.2 Å². The van der Waals surface area contributed by atoms with Crippen LogP contribution in [0.3, 0.4) is 0 Å². The molecule has 0 heterocycles. The van der Waals surface area contributed by atoms with E-state index in [0.717, 1.165) is 62.4 Å². The predicted molar refractivity (Wildman–Crippen MR) is 120 cm³/mol. The highest BCUT2D eigenvalue weighted by Crippen LogP contribution is 2.34. The zero-order chi connectivity index (χ0) is 24.9. The first kappa shape index (κ1) is 25.7. The molecule has 0 bridgehead atoms. The number of hydrogen-bond donors (Lipinski definition) is 1. The van der Waals surface area contributed by atoms with Crippen molar-refractivity contribution >= 4 is 12.0 Å². The van der Waals surface area contributed by atoms with Gasteiger partial charge in [0.1, 0.15) is 17.4 Å². The van der Waals surface area contributed by atoms with Gasteiger partial charge >= 0.3 is 6.18 Å². The topological polar surface area (TPSA) is 38.3 Å². The number of amides is 1. The van der Waals surface area contributed by atoms with Crippen molar-refractivity contribution in [3.8, 4) is 5.75 Å². The quantitative estimate of drug-likeness (QED) is 0.337. The van der Waals surface area contributed by atoms with Gasteiger partial charge in [0.25, 0.3) is 0 Å². The smallest absolute Gasteiger partial charge is 0.416 e. The number of carbonyl (C=O) groups is 1. The Labute approximate surface area is 196 Å². The molecule has 0 saturated heterocycles. The van der Waals surface area contributed by atoms with Crippen LogP contribution in [0.2, 0.25) is 0 Å². The van der Waals surface area contributed by atoms with Crippen LogP contribution in [0, 0.1) is 24.5 Å². The van der Waals surface area contributed by atoms with E-state index in [9.17, 15) is 26.7 Å². The summed E-state index contributed by atoms with van der Waals surface area (Å²) in [5.74, 6) is -1.64. The fraction of sp³-hybridized carbons (Fsp3) is 0.423. The highest BCUT2D eigenvalue weighted by molar-refractivity contribution is 5.92. The molecule has 2 aromatic carbocycles. The van der Waals surface area contributed by atoms with Gasteiger partial charge in [-0.1, -0.05) is 25.3 Å². The molecule has 184 valence electrons. The fourth-order valence-electron chi connectivity index (χ4n) is 3.96. The maximum absolute atomic E-state index is 13.8. The molecular weight excluding hydrogens is 453 g/mol. The van der Waals surface area contributed by atoms with Crippen molar-refractivity contribution in [1.82, 2.24) is 5.32 Å². The summed E-state index contributed by atoms with van der Waals surface area (Å²) in [7, 11) is 0. The minimum atomic E-state index is -4.52. The van der Waals surface area contributed by atoms with Crippen molar-refractivity contribution in [2.75, 3.05) is 6.61 Å². The van der Waals surface area contributed by atoms with Crippen molar-refractivity contribution in [3.05, 3.63) is 70.3 Å². The van der Waals surface area contributed by atoms with Crippen LogP contribution < -0.4 is 10.1 Å². The summed E-state index contributed by atoms with van der Waals surface area (Å²) < 4.78 is 73.0. The van der Waals surface area contributed by atoms with Crippen LogP contribution in [0.15, 0.2) is 36.4 Å². The van der Waals surface area contributed by atoms with E-state index >= 15 is 0 Å². The highest BCUT2D eigenvalue weighted by atomic mass is 19.4. The van der Waals surface area contributed by atoms with E-state index in [0.29, 0.717) is 18.1 Å². The lowest BCUT2D eigenvalue weighted by Gasteiger charge is -2.22. The average Bonchev–Trinajstić information content (AvgIpc) is 2.79. The normalized spacial score (nSPS) is 16.0. The molecule has 1 amide bonds. The Balaban J connectivity index is 1.73. The predicted octanol–water partition coefficient (Wildman–Crippen LogP) is 7.14. The Morgan fingerprint density at radius 2 is 1.76 bits per heavy atom. The number of halogens is 5. The third kappa shape index (κ3) is 6.81. The number of alkyl halides is 3. The first-order valence-corrected chi connectivity index (χ1v) is 11.3. The Bertz CT molecular complexity index is 1020. The van der Waals surface area contributed by atoms with Crippen molar-refractivity contribution in [2.24, 2.45) is 5.92 Å². The third-order valence-electron chi connectivity index (χ3n) is 6.12. The van der Waals surface area contributed by atoms with Gasteiger partial charge in [-0.15, -0.1) is 0 Å². The molecule has 8 heteroatoms. The molecule has 1 aliphatic rings. The first-order valence-electron chi connectivity index (χ1n) is 11.3. The molecule has 0 unspecified atom stereocenters. The van der Waals surface area contributed by atoms with Gasteiger partial charge in [-0.05, 0) is 68.5 Å². The largest absolute Gasteiger partial charge is 0.493 e. The molecule has 0 spiro atoms. The lowest BCUT2D eigenvalue weighted by Crippen LogP contribution is -2.25. The van der Waals surface area contributed by atoms with Gasteiger partial charge in [-0.25, -0.2) is 8.78 Å². The highest BCUT2D eigenvalue weighted by Gasteiger charge is 2.31. The second-order valence-corrected chi connectivity index (χ2v) is 8.74. The molecule has 2 aromatic rings. The summed E-state index contributed by atoms with van der Waals surface area (Å²) in [5, 5.41) is 2.60. The molecule has 0 radical (unpaired) electrons. The van der Waals surface area contributed by atoms with Crippen molar-refractivity contribution in [1.29, 1.82) is 0 Å². The van der Waals surface area contributed by atoms with Gasteiger partial charge in [0.2, 0.25) is 5.91 Å².